The maximum absolute atomic E-state index is 13.8. The van der Waals surface area contributed by atoms with Crippen molar-refractivity contribution < 1.29 is 9.13 Å². The van der Waals surface area contributed by atoms with Gasteiger partial charge >= 0.3 is 0 Å². The zero-order valence-corrected chi connectivity index (χ0v) is 12.7. The number of nitrogens with two attached hydrogens (primary N) is 1. The molecule has 1 aliphatic heterocycles. The van der Waals surface area contributed by atoms with Crippen LogP contribution in [0, 0.1) is 18.7 Å². The van der Waals surface area contributed by atoms with Gasteiger partial charge < -0.3 is 4.74 Å². The van der Waals surface area contributed by atoms with E-state index in [4.69, 9.17) is 10.6 Å². The van der Waals surface area contributed by atoms with Crippen molar-refractivity contribution in [2.24, 2.45) is 11.8 Å². The Kier molecular flexibility index (Phi) is 4.29. The highest BCUT2D eigenvalue weighted by atomic mass is 19.1. The molecule has 2 atom stereocenters. The van der Waals surface area contributed by atoms with Crippen molar-refractivity contribution in [1.29, 1.82) is 0 Å². The van der Waals surface area contributed by atoms with Crippen molar-refractivity contribution >= 4 is 0 Å². The lowest BCUT2D eigenvalue weighted by Crippen LogP contribution is -2.43. The molecule has 2 aliphatic rings. The Morgan fingerprint density at radius 2 is 2.14 bits per heavy atom. The normalized spacial score (nSPS) is 26.1. The topological polar surface area (TPSA) is 47.3 Å². The molecule has 1 aromatic rings. The Bertz CT molecular complexity index is 500. The molecule has 0 radical (unpaired) electrons. The number of halogens is 1. The predicted molar refractivity (Wildman–Crippen MR) is 81.1 cm³/mol. The Morgan fingerprint density at radius 1 is 1.38 bits per heavy atom. The van der Waals surface area contributed by atoms with Gasteiger partial charge in [-0.3, -0.25) is 11.3 Å². The van der Waals surface area contributed by atoms with E-state index in [1.807, 2.05) is 12.1 Å². The first-order valence-electron chi connectivity index (χ1n) is 8.00. The van der Waals surface area contributed by atoms with Gasteiger partial charge in [0.2, 0.25) is 0 Å². The van der Waals surface area contributed by atoms with Crippen molar-refractivity contribution in [3.05, 3.63) is 35.1 Å². The summed E-state index contributed by atoms with van der Waals surface area (Å²) < 4.78 is 19.9. The molecule has 3 N–H and O–H groups in total. The molecular weight excluding hydrogens is 267 g/mol. The molecule has 3 rings (SSSR count). The van der Waals surface area contributed by atoms with Crippen LogP contribution in [0.25, 0.3) is 0 Å². The summed E-state index contributed by atoms with van der Waals surface area (Å²) >= 11 is 0. The largest absolute Gasteiger partial charge is 0.375 e. The van der Waals surface area contributed by atoms with Crippen molar-refractivity contribution in [3.8, 4) is 0 Å². The lowest BCUT2D eigenvalue weighted by molar-refractivity contribution is -0.0982. The van der Waals surface area contributed by atoms with Gasteiger partial charge in [0, 0.05) is 12.6 Å². The number of hydrogen-bond donors (Lipinski definition) is 2. The summed E-state index contributed by atoms with van der Waals surface area (Å²) in [6.45, 7) is 2.57. The van der Waals surface area contributed by atoms with Crippen LogP contribution in [0.5, 0.6) is 0 Å². The average molecular weight is 292 g/mol. The smallest absolute Gasteiger partial charge is 0.126 e. The first-order chi connectivity index (χ1) is 10.1. The number of rotatable bonds is 3. The van der Waals surface area contributed by atoms with Crippen LogP contribution < -0.4 is 11.3 Å². The molecule has 1 aromatic carbocycles. The Balaban J connectivity index is 1.80. The molecule has 3 nitrogen and oxygen atoms in total. The summed E-state index contributed by atoms with van der Waals surface area (Å²) in [7, 11) is 0. The van der Waals surface area contributed by atoms with E-state index in [0.717, 1.165) is 37.9 Å². The second-order valence-electron chi connectivity index (χ2n) is 6.64. The maximum atomic E-state index is 13.8. The van der Waals surface area contributed by atoms with Gasteiger partial charge in [-0.1, -0.05) is 25.0 Å². The van der Waals surface area contributed by atoms with Crippen LogP contribution in [-0.2, 0) is 4.74 Å². The van der Waals surface area contributed by atoms with Gasteiger partial charge in [0.05, 0.1) is 5.60 Å². The average Bonchev–Trinajstić information content (AvgIpc) is 2.91. The number of aryl methyl sites for hydroxylation is 1. The quantitative estimate of drug-likeness (QED) is 0.663. The third-order valence-electron chi connectivity index (χ3n) is 5.25. The minimum absolute atomic E-state index is 0.00137. The molecule has 2 fully saturated rings. The summed E-state index contributed by atoms with van der Waals surface area (Å²) in [6, 6.07) is 5.44. The van der Waals surface area contributed by atoms with Gasteiger partial charge in [0.25, 0.3) is 0 Å². The first-order valence-corrected chi connectivity index (χ1v) is 8.00. The second-order valence-corrected chi connectivity index (χ2v) is 6.64. The maximum Gasteiger partial charge on any atom is 0.126 e. The van der Waals surface area contributed by atoms with Crippen molar-refractivity contribution in [3.63, 3.8) is 0 Å². The minimum Gasteiger partial charge on any atom is -0.375 e. The van der Waals surface area contributed by atoms with Gasteiger partial charge in [-0.05, 0) is 55.7 Å². The van der Waals surface area contributed by atoms with E-state index in [-0.39, 0.29) is 17.5 Å². The Labute approximate surface area is 126 Å². The molecular formula is C17H25FN2O. The van der Waals surface area contributed by atoms with Crippen molar-refractivity contribution in [2.75, 3.05) is 6.61 Å². The molecule has 0 aromatic heterocycles. The van der Waals surface area contributed by atoms with Gasteiger partial charge in [0.15, 0.2) is 0 Å². The molecule has 116 valence electrons. The molecule has 1 heterocycles. The van der Waals surface area contributed by atoms with Crippen LogP contribution in [0.2, 0.25) is 0 Å². The highest BCUT2D eigenvalue weighted by Crippen LogP contribution is 2.45. The third-order valence-corrected chi connectivity index (χ3v) is 5.25. The monoisotopic (exact) mass is 292 g/mol. The first kappa shape index (κ1) is 14.9. The lowest BCUT2D eigenvalue weighted by Gasteiger charge is -2.41. The fourth-order valence-electron chi connectivity index (χ4n) is 4.02. The molecule has 4 heteroatoms. The van der Waals surface area contributed by atoms with Crippen LogP contribution in [0.15, 0.2) is 18.2 Å². The summed E-state index contributed by atoms with van der Waals surface area (Å²) in [4.78, 5) is 0. The summed E-state index contributed by atoms with van der Waals surface area (Å²) in [5.74, 6) is 6.05. The van der Waals surface area contributed by atoms with E-state index >= 15 is 0 Å². The number of hydrogen-bond acceptors (Lipinski definition) is 3. The highest BCUT2D eigenvalue weighted by Gasteiger charge is 2.42. The number of benzene rings is 1. The second kappa shape index (κ2) is 6.03. The van der Waals surface area contributed by atoms with Gasteiger partial charge in [-0.2, -0.15) is 0 Å². The van der Waals surface area contributed by atoms with Gasteiger partial charge in [-0.15, -0.1) is 0 Å². The van der Waals surface area contributed by atoms with E-state index in [0.29, 0.717) is 11.5 Å². The molecule has 1 saturated carbocycles. The van der Waals surface area contributed by atoms with E-state index in [2.05, 4.69) is 5.43 Å². The Morgan fingerprint density at radius 3 is 2.81 bits per heavy atom. The molecule has 1 spiro atoms. The van der Waals surface area contributed by atoms with E-state index < -0.39 is 0 Å². The fourth-order valence-corrected chi connectivity index (χ4v) is 4.02. The SMILES string of the molecule is Cc1ccc(C(NN)C2CCOC3(CCCC3)C2)cc1F. The molecule has 0 bridgehead atoms. The van der Waals surface area contributed by atoms with E-state index in [1.54, 1.807) is 13.0 Å². The summed E-state index contributed by atoms with van der Waals surface area (Å²) in [5.41, 5.74) is 4.60. The van der Waals surface area contributed by atoms with Crippen molar-refractivity contribution in [2.45, 2.75) is 57.1 Å². The summed E-state index contributed by atoms with van der Waals surface area (Å²) in [6.07, 6.45) is 6.83. The molecule has 0 amide bonds. The zero-order chi connectivity index (χ0) is 14.9. The number of ether oxygens (including phenoxy) is 1. The van der Waals surface area contributed by atoms with Crippen LogP contribution >= 0.6 is 0 Å². The van der Waals surface area contributed by atoms with E-state index in [1.165, 1.54) is 12.8 Å². The summed E-state index contributed by atoms with van der Waals surface area (Å²) in [5, 5.41) is 0. The highest BCUT2D eigenvalue weighted by molar-refractivity contribution is 5.26. The Hall–Kier alpha value is -0.970. The molecule has 1 saturated heterocycles. The number of hydrazine groups is 1. The van der Waals surface area contributed by atoms with Gasteiger partial charge in [-0.25, -0.2) is 4.39 Å². The zero-order valence-electron chi connectivity index (χ0n) is 12.7. The predicted octanol–water partition coefficient (Wildman–Crippen LogP) is 3.38. The molecule has 21 heavy (non-hydrogen) atoms. The van der Waals surface area contributed by atoms with Crippen LogP contribution in [-0.4, -0.2) is 12.2 Å². The van der Waals surface area contributed by atoms with E-state index in [9.17, 15) is 4.39 Å². The third kappa shape index (κ3) is 2.98. The van der Waals surface area contributed by atoms with Crippen molar-refractivity contribution in [1.82, 2.24) is 5.43 Å². The van der Waals surface area contributed by atoms with Crippen LogP contribution in [0.1, 0.15) is 55.7 Å². The molecule has 2 unspecified atom stereocenters. The standard InChI is InChI=1S/C17H25FN2O/c1-12-4-5-13(10-15(12)18)16(20-19)14-6-9-21-17(11-14)7-2-3-8-17/h4-5,10,14,16,20H,2-3,6-9,11,19H2,1H3. The molecule has 1 aliphatic carbocycles. The van der Waals surface area contributed by atoms with Gasteiger partial charge in [0.1, 0.15) is 5.82 Å². The minimum atomic E-state index is -0.157. The van der Waals surface area contributed by atoms with Crippen LogP contribution in [0.4, 0.5) is 4.39 Å². The van der Waals surface area contributed by atoms with Crippen LogP contribution in [0.3, 0.4) is 0 Å². The number of nitrogens with one attached hydrogen (secondary N) is 1. The lowest BCUT2D eigenvalue weighted by atomic mass is 9.78. The fraction of sp³-hybridized carbons (Fsp3) is 0.647.